The van der Waals surface area contributed by atoms with Crippen LogP contribution < -0.4 is 4.90 Å². The maximum absolute atomic E-state index is 11.3. The van der Waals surface area contributed by atoms with Gasteiger partial charge in [-0.3, -0.25) is 0 Å². The van der Waals surface area contributed by atoms with Gasteiger partial charge in [0.15, 0.2) is 0 Å². The Morgan fingerprint density at radius 3 is 3.05 bits per heavy atom. The Bertz CT molecular complexity index is 487. The van der Waals surface area contributed by atoms with Gasteiger partial charge in [-0.1, -0.05) is 22.0 Å². The Balaban J connectivity index is 2.27. The van der Waals surface area contributed by atoms with E-state index < -0.39 is 5.97 Å². The van der Waals surface area contributed by atoms with E-state index in [2.05, 4.69) is 27.4 Å². The third-order valence-electron chi connectivity index (χ3n) is 3.55. The lowest BCUT2D eigenvalue weighted by atomic mass is 9.94. The van der Waals surface area contributed by atoms with Gasteiger partial charge in [0, 0.05) is 17.6 Å². The van der Waals surface area contributed by atoms with Crippen LogP contribution >= 0.6 is 15.9 Å². The van der Waals surface area contributed by atoms with Gasteiger partial charge in [0.1, 0.15) is 0 Å². The predicted molar refractivity (Wildman–Crippen MR) is 80.9 cm³/mol. The number of anilines is 1. The number of carboxylic acids is 1. The molecule has 1 aliphatic heterocycles. The molecule has 102 valence electrons. The largest absolute Gasteiger partial charge is 0.478 e. The molecule has 0 spiro atoms. The molecule has 0 bridgehead atoms. The summed E-state index contributed by atoms with van der Waals surface area (Å²) in [5.74, 6) is -0.291. The predicted octanol–water partition coefficient (Wildman–Crippen LogP) is 3.94. The summed E-state index contributed by atoms with van der Waals surface area (Å²) < 4.78 is 0.915. The zero-order valence-corrected chi connectivity index (χ0v) is 12.4. The molecule has 0 saturated carbocycles. The fourth-order valence-electron chi connectivity index (χ4n) is 2.66. The number of benzene rings is 1. The monoisotopic (exact) mass is 323 g/mol. The van der Waals surface area contributed by atoms with Crippen LogP contribution in [0.1, 0.15) is 29.6 Å². The van der Waals surface area contributed by atoms with Crippen molar-refractivity contribution in [3.05, 3.63) is 40.9 Å². The fourth-order valence-corrected chi connectivity index (χ4v) is 3.01. The maximum Gasteiger partial charge on any atom is 0.337 e. The van der Waals surface area contributed by atoms with Crippen LogP contribution in [0.5, 0.6) is 0 Å². The fraction of sp³-hybridized carbons (Fsp3) is 0.400. The van der Waals surface area contributed by atoms with E-state index in [1.54, 1.807) is 12.1 Å². The highest BCUT2D eigenvalue weighted by atomic mass is 79.9. The molecule has 1 aliphatic rings. The first-order chi connectivity index (χ1) is 9.11. The van der Waals surface area contributed by atoms with Crippen molar-refractivity contribution in [1.82, 2.24) is 0 Å². The van der Waals surface area contributed by atoms with Crippen molar-refractivity contribution in [2.45, 2.75) is 19.3 Å². The van der Waals surface area contributed by atoms with Crippen LogP contribution in [0.4, 0.5) is 5.69 Å². The molecule has 1 aromatic carbocycles. The lowest BCUT2D eigenvalue weighted by Crippen LogP contribution is -2.36. The van der Waals surface area contributed by atoms with E-state index in [9.17, 15) is 9.90 Å². The van der Waals surface area contributed by atoms with Crippen LogP contribution in [-0.2, 0) is 0 Å². The first-order valence-electron chi connectivity index (χ1n) is 6.50. The number of aromatic carboxylic acids is 1. The molecule has 2 rings (SSSR count). The summed E-state index contributed by atoms with van der Waals surface area (Å²) in [7, 11) is 0. The summed E-state index contributed by atoms with van der Waals surface area (Å²) in [4.78, 5) is 13.5. The lowest BCUT2D eigenvalue weighted by Gasteiger charge is -2.35. The van der Waals surface area contributed by atoms with E-state index >= 15 is 0 Å². The smallest absolute Gasteiger partial charge is 0.337 e. The minimum absolute atomic E-state index is 0.377. The van der Waals surface area contributed by atoms with E-state index in [4.69, 9.17) is 0 Å². The van der Waals surface area contributed by atoms with E-state index in [0.29, 0.717) is 11.5 Å². The number of carboxylic acid groups (broad SMARTS) is 1. The molecule has 3 nitrogen and oxygen atoms in total. The van der Waals surface area contributed by atoms with Crippen LogP contribution in [0.3, 0.4) is 0 Å². The SMILES string of the molecule is C=CCC1CCCN(c2cc(Br)ccc2C(=O)O)C1. The minimum atomic E-state index is -0.867. The van der Waals surface area contributed by atoms with Crippen molar-refractivity contribution in [3.8, 4) is 0 Å². The van der Waals surface area contributed by atoms with Gasteiger partial charge in [0.05, 0.1) is 11.3 Å². The second-order valence-corrected chi connectivity index (χ2v) is 5.86. The molecule has 0 aliphatic carbocycles. The molecule has 1 N–H and O–H groups in total. The van der Waals surface area contributed by atoms with Gasteiger partial charge in [-0.25, -0.2) is 4.79 Å². The quantitative estimate of drug-likeness (QED) is 0.853. The Labute approximate surface area is 122 Å². The van der Waals surface area contributed by atoms with Crippen molar-refractivity contribution in [3.63, 3.8) is 0 Å². The Kier molecular flexibility index (Phi) is 4.64. The van der Waals surface area contributed by atoms with Crippen molar-refractivity contribution in [2.24, 2.45) is 5.92 Å². The summed E-state index contributed by atoms with van der Waals surface area (Å²) in [6.45, 7) is 5.62. The third kappa shape index (κ3) is 3.38. The third-order valence-corrected chi connectivity index (χ3v) is 4.04. The second kappa shape index (κ2) is 6.24. The summed E-state index contributed by atoms with van der Waals surface area (Å²) in [6, 6.07) is 5.34. The molecule has 1 atom stereocenters. The van der Waals surface area contributed by atoms with E-state index in [-0.39, 0.29) is 0 Å². The zero-order valence-electron chi connectivity index (χ0n) is 10.8. The van der Waals surface area contributed by atoms with E-state index in [1.807, 2.05) is 12.1 Å². The van der Waals surface area contributed by atoms with Gasteiger partial charge in [-0.2, -0.15) is 0 Å². The highest BCUT2D eigenvalue weighted by molar-refractivity contribution is 9.10. The van der Waals surface area contributed by atoms with Gasteiger partial charge in [0.25, 0.3) is 0 Å². The van der Waals surface area contributed by atoms with Gasteiger partial charge < -0.3 is 10.0 Å². The maximum atomic E-state index is 11.3. The summed E-state index contributed by atoms with van der Waals surface area (Å²) >= 11 is 3.42. The number of rotatable bonds is 4. The molecule has 0 aromatic heterocycles. The number of hydrogen-bond acceptors (Lipinski definition) is 2. The van der Waals surface area contributed by atoms with Gasteiger partial charge in [-0.15, -0.1) is 6.58 Å². The molecule has 1 aromatic rings. The standard InChI is InChI=1S/C15H18BrNO2/c1-2-4-11-5-3-8-17(10-11)14-9-12(16)6-7-13(14)15(18)19/h2,6-7,9,11H,1,3-5,8,10H2,(H,18,19). The average Bonchev–Trinajstić information content (AvgIpc) is 2.39. The van der Waals surface area contributed by atoms with E-state index in [1.165, 1.54) is 6.42 Å². The first kappa shape index (κ1) is 14.1. The first-order valence-corrected chi connectivity index (χ1v) is 7.30. The Hall–Kier alpha value is -1.29. The Morgan fingerprint density at radius 1 is 1.58 bits per heavy atom. The summed E-state index contributed by atoms with van der Waals surface area (Å²) in [5.41, 5.74) is 1.19. The van der Waals surface area contributed by atoms with Crippen LogP contribution in [0.2, 0.25) is 0 Å². The van der Waals surface area contributed by atoms with Crippen LogP contribution in [0.25, 0.3) is 0 Å². The number of nitrogens with zero attached hydrogens (tertiary/aromatic N) is 1. The Morgan fingerprint density at radius 2 is 2.37 bits per heavy atom. The highest BCUT2D eigenvalue weighted by Gasteiger charge is 2.23. The number of allylic oxidation sites excluding steroid dienone is 1. The molecular formula is C15H18BrNO2. The second-order valence-electron chi connectivity index (χ2n) is 4.95. The van der Waals surface area contributed by atoms with Crippen molar-refractivity contribution >= 4 is 27.6 Å². The van der Waals surface area contributed by atoms with Gasteiger partial charge >= 0.3 is 5.97 Å². The highest BCUT2D eigenvalue weighted by Crippen LogP contribution is 2.30. The molecule has 4 heteroatoms. The normalized spacial score (nSPS) is 19.2. The number of halogens is 1. The van der Waals surface area contributed by atoms with Crippen LogP contribution in [0, 0.1) is 5.92 Å². The molecule has 1 saturated heterocycles. The summed E-state index contributed by atoms with van der Waals surface area (Å²) in [6.07, 6.45) is 5.24. The van der Waals surface area contributed by atoms with Crippen molar-refractivity contribution in [1.29, 1.82) is 0 Å². The molecular weight excluding hydrogens is 306 g/mol. The molecule has 1 unspecified atom stereocenters. The molecule has 0 amide bonds. The van der Waals surface area contributed by atoms with Gasteiger partial charge in [-0.05, 0) is 43.4 Å². The average molecular weight is 324 g/mol. The zero-order chi connectivity index (χ0) is 13.8. The molecule has 0 radical (unpaired) electrons. The van der Waals surface area contributed by atoms with Gasteiger partial charge in [0.2, 0.25) is 0 Å². The number of carbonyl (C=O) groups is 1. The lowest BCUT2D eigenvalue weighted by molar-refractivity contribution is 0.0697. The van der Waals surface area contributed by atoms with Crippen molar-refractivity contribution in [2.75, 3.05) is 18.0 Å². The number of piperidine rings is 1. The number of hydrogen-bond donors (Lipinski definition) is 1. The summed E-state index contributed by atoms with van der Waals surface area (Å²) in [5, 5.41) is 9.30. The van der Waals surface area contributed by atoms with Crippen LogP contribution in [-0.4, -0.2) is 24.2 Å². The van der Waals surface area contributed by atoms with Crippen LogP contribution in [0.15, 0.2) is 35.3 Å². The van der Waals surface area contributed by atoms with E-state index in [0.717, 1.165) is 36.1 Å². The molecule has 1 heterocycles. The minimum Gasteiger partial charge on any atom is -0.478 e. The molecule has 1 fully saturated rings. The topological polar surface area (TPSA) is 40.5 Å². The molecule has 19 heavy (non-hydrogen) atoms. The van der Waals surface area contributed by atoms with Crippen molar-refractivity contribution < 1.29 is 9.90 Å².